The minimum Gasteiger partial charge on any atom is -0.323 e. The van der Waals surface area contributed by atoms with Crippen molar-refractivity contribution in [3.8, 4) is 0 Å². The second kappa shape index (κ2) is 8.46. The summed E-state index contributed by atoms with van der Waals surface area (Å²) in [6.45, 7) is 9.60. The van der Waals surface area contributed by atoms with Crippen LogP contribution in [0.3, 0.4) is 0 Å². The Morgan fingerprint density at radius 3 is 2.84 bits per heavy atom. The number of benzene rings is 1. The van der Waals surface area contributed by atoms with Crippen LogP contribution in [0.5, 0.6) is 0 Å². The molecule has 3 heterocycles. The Balaban J connectivity index is 1.61. The van der Waals surface area contributed by atoms with E-state index in [-0.39, 0.29) is 16.9 Å². The molecule has 4 rings (SSSR count). The van der Waals surface area contributed by atoms with E-state index >= 15 is 0 Å². The van der Waals surface area contributed by atoms with Gasteiger partial charge in [-0.15, -0.1) is 0 Å². The molecule has 1 aliphatic rings. The third-order valence-corrected chi connectivity index (χ3v) is 7.16. The molecule has 0 saturated carbocycles. The van der Waals surface area contributed by atoms with Crippen LogP contribution in [0.4, 0.5) is 11.5 Å². The Kier molecular flexibility index (Phi) is 5.88. The number of hydrogen-bond acceptors (Lipinski definition) is 7. The first-order valence-corrected chi connectivity index (χ1v) is 11.7. The normalized spacial score (nSPS) is 15.8. The molecule has 162 valence electrons. The molecule has 1 aliphatic heterocycles. The Hall–Kier alpha value is -2.67. The summed E-state index contributed by atoms with van der Waals surface area (Å²) in [6, 6.07) is 8.35. The number of para-hydroxylation sites is 1. The van der Waals surface area contributed by atoms with Gasteiger partial charge in [0.15, 0.2) is 10.8 Å². The van der Waals surface area contributed by atoms with Crippen molar-refractivity contribution in [1.82, 2.24) is 15.0 Å². The summed E-state index contributed by atoms with van der Waals surface area (Å²) in [7, 11) is 0. The van der Waals surface area contributed by atoms with Gasteiger partial charge in [-0.1, -0.05) is 70.1 Å². The molecule has 0 spiro atoms. The monoisotopic (exact) mass is 435 g/mol. The lowest BCUT2D eigenvalue weighted by Crippen LogP contribution is -2.25. The summed E-state index contributed by atoms with van der Waals surface area (Å²) >= 11 is 1.25. The van der Waals surface area contributed by atoms with Gasteiger partial charge in [0.2, 0.25) is 5.78 Å². The Bertz CT molecular complexity index is 1140. The highest BCUT2D eigenvalue weighted by atomic mass is 32.1. The first-order chi connectivity index (χ1) is 14.8. The van der Waals surface area contributed by atoms with Crippen molar-refractivity contribution in [2.45, 2.75) is 58.8 Å². The van der Waals surface area contributed by atoms with Crippen LogP contribution < -0.4 is 4.90 Å². The van der Waals surface area contributed by atoms with E-state index in [1.165, 1.54) is 23.2 Å². The standard InChI is InChI=1S/C24H29N5OS/c1-5-15(2)9-8-11-17(25)20(30)23-28-19-21(26-14-27-22(19)31-23)29-13-24(3,4)16-10-6-7-12-18(16)29/h6-7,10,12,14-15,25H,5,8-9,11,13H2,1-4H3. The van der Waals surface area contributed by atoms with Crippen LogP contribution in [0.25, 0.3) is 10.3 Å². The van der Waals surface area contributed by atoms with E-state index in [2.05, 4.69) is 65.7 Å². The molecule has 1 unspecified atom stereocenters. The summed E-state index contributed by atoms with van der Waals surface area (Å²) in [5, 5.41) is 8.58. The number of carbonyl (C=O) groups is 1. The minimum absolute atomic E-state index is 0.0136. The van der Waals surface area contributed by atoms with Gasteiger partial charge < -0.3 is 10.3 Å². The van der Waals surface area contributed by atoms with Crippen molar-refractivity contribution in [2.24, 2.45) is 5.92 Å². The Morgan fingerprint density at radius 2 is 2.06 bits per heavy atom. The third-order valence-electron chi connectivity index (χ3n) is 6.20. The molecule has 7 heteroatoms. The zero-order valence-corrected chi connectivity index (χ0v) is 19.4. The third kappa shape index (κ3) is 4.11. The van der Waals surface area contributed by atoms with E-state index in [0.29, 0.717) is 27.7 Å². The van der Waals surface area contributed by atoms with Crippen LogP contribution in [0.1, 0.15) is 68.7 Å². The second-order valence-corrected chi connectivity index (χ2v) is 10.0. The van der Waals surface area contributed by atoms with E-state index in [9.17, 15) is 4.79 Å². The summed E-state index contributed by atoms with van der Waals surface area (Å²) in [6.07, 6.45) is 5.04. The van der Waals surface area contributed by atoms with E-state index in [1.807, 2.05) is 6.07 Å². The fourth-order valence-electron chi connectivity index (χ4n) is 4.15. The second-order valence-electron chi connectivity index (χ2n) is 9.07. The average Bonchev–Trinajstić information content (AvgIpc) is 3.32. The molecule has 2 aromatic heterocycles. The van der Waals surface area contributed by atoms with Gasteiger partial charge in [-0.2, -0.15) is 0 Å². The molecule has 3 aromatic rings. The van der Waals surface area contributed by atoms with Gasteiger partial charge in [-0.3, -0.25) is 4.79 Å². The Labute approximate surface area is 187 Å². The molecule has 31 heavy (non-hydrogen) atoms. The van der Waals surface area contributed by atoms with Crippen LogP contribution in [0.15, 0.2) is 30.6 Å². The summed E-state index contributed by atoms with van der Waals surface area (Å²) < 4.78 is 0. The molecule has 0 saturated heterocycles. The largest absolute Gasteiger partial charge is 0.323 e. The van der Waals surface area contributed by atoms with Crippen molar-refractivity contribution in [1.29, 1.82) is 5.41 Å². The van der Waals surface area contributed by atoms with Gasteiger partial charge in [0.25, 0.3) is 0 Å². The topological polar surface area (TPSA) is 82.8 Å². The van der Waals surface area contributed by atoms with E-state index < -0.39 is 0 Å². The van der Waals surface area contributed by atoms with E-state index in [4.69, 9.17) is 5.41 Å². The van der Waals surface area contributed by atoms with Crippen molar-refractivity contribution < 1.29 is 4.79 Å². The van der Waals surface area contributed by atoms with E-state index in [0.717, 1.165) is 37.3 Å². The number of nitrogens with one attached hydrogen (secondary N) is 1. The molecule has 0 fully saturated rings. The van der Waals surface area contributed by atoms with Crippen LogP contribution in [-0.2, 0) is 5.41 Å². The number of anilines is 2. The molecule has 0 bridgehead atoms. The van der Waals surface area contributed by atoms with Gasteiger partial charge in [-0.05, 0) is 30.4 Å². The van der Waals surface area contributed by atoms with Crippen molar-refractivity contribution in [3.63, 3.8) is 0 Å². The summed E-state index contributed by atoms with van der Waals surface area (Å²) in [5.74, 6) is 1.05. The highest BCUT2D eigenvalue weighted by Gasteiger charge is 2.37. The van der Waals surface area contributed by atoms with Crippen LogP contribution in [0, 0.1) is 11.3 Å². The fourth-order valence-corrected chi connectivity index (χ4v) is 5.02. The molecular weight excluding hydrogens is 406 g/mol. The minimum atomic E-state index is -0.291. The average molecular weight is 436 g/mol. The predicted molar refractivity (Wildman–Crippen MR) is 127 cm³/mol. The zero-order valence-electron chi connectivity index (χ0n) is 18.6. The first kappa shape index (κ1) is 21.6. The smallest absolute Gasteiger partial charge is 0.235 e. The maximum Gasteiger partial charge on any atom is 0.235 e. The highest BCUT2D eigenvalue weighted by Crippen LogP contribution is 2.45. The number of fused-ring (bicyclic) bond motifs is 2. The molecular formula is C24H29N5OS. The van der Waals surface area contributed by atoms with Crippen molar-refractivity contribution >= 4 is 44.7 Å². The molecule has 6 nitrogen and oxygen atoms in total. The number of Topliss-reactive ketones (excluding diaryl/α,β-unsaturated/α-hetero) is 1. The molecule has 0 radical (unpaired) electrons. The number of rotatable bonds is 8. The van der Waals surface area contributed by atoms with E-state index in [1.54, 1.807) is 0 Å². The fraction of sp³-hybridized carbons (Fsp3) is 0.458. The Morgan fingerprint density at radius 1 is 1.29 bits per heavy atom. The van der Waals surface area contributed by atoms with Crippen LogP contribution >= 0.6 is 11.3 Å². The van der Waals surface area contributed by atoms with Gasteiger partial charge in [0.05, 0.1) is 5.71 Å². The zero-order chi connectivity index (χ0) is 22.2. The number of carbonyl (C=O) groups excluding carboxylic acids is 1. The summed E-state index contributed by atoms with van der Waals surface area (Å²) in [4.78, 5) is 29.2. The maximum absolute atomic E-state index is 12.9. The number of hydrogen-bond donors (Lipinski definition) is 1. The number of thiazole rings is 1. The lowest BCUT2D eigenvalue weighted by atomic mass is 9.87. The molecule has 1 aromatic carbocycles. The SMILES string of the molecule is CCC(C)CCCC(=N)C(=O)c1nc2c(N3CC(C)(C)c4ccccc43)ncnc2s1. The lowest BCUT2D eigenvalue weighted by molar-refractivity contribution is 0.106. The predicted octanol–water partition coefficient (Wildman–Crippen LogP) is 5.93. The number of nitrogens with zero attached hydrogens (tertiary/aromatic N) is 4. The van der Waals surface area contributed by atoms with Crippen LogP contribution in [-0.4, -0.2) is 33.0 Å². The molecule has 0 amide bonds. The molecule has 0 aliphatic carbocycles. The lowest BCUT2D eigenvalue weighted by Gasteiger charge is -2.21. The first-order valence-electron chi connectivity index (χ1n) is 10.9. The van der Waals surface area contributed by atoms with Crippen molar-refractivity contribution in [3.05, 3.63) is 41.2 Å². The van der Waals surface area contributed by atoms with Gasteiger partial charge >= 0.3 is 0 Å². The maximum atomic E-state index is 12.9. The molecule has 1 atom stereocenters. The van der Waals surface area contributed by atoms with Crippen molar-refractivity contribution in [2.75, 3.05) is 11.4 Å². The van der Waals surface area contributed by atoms with Gasteiger partial charge in [-0.25, -0.2) is 15.0 Å². The van der Waals surface area contributed by atoms with Gasteiger partial charge in [0, 0.05) is 17.6 Å². The summed E-state index contributed by atoms with van der Waals surface area (Å²) in [5.41, 5.74) is 3.14. The van der Waals surface area contributed by atoms with Gasteiger partial charge in [0.1, 0.15) is 16.7 Å². The number of ketones is 1. The number of aromatic nitrogens is 3. The molecule has 1 N–H and O–H groups in total. The van der Waals surface area contributed by atoms with Crippen LogP contribution in [0.2, 0.25) is 0 Å². The quantitative estimate of drug-likeness (QED) is 0.350. The highest BCUT2D eigenvalue weighted by molar-refractivity contribution is 7.20.